The average Bonchev–Trinajstić information content (AvgIpc) is 2.96. The third-order valence-electron chi connectivity index (χ3n) is 8.20. The zero-order valence-corrected chi connectivity index (χ0v) is 26.0. The number of hydrogen-bond acceptors (Lipinski definition) is 1. The van der Waals surface area contributed by atoms with Gasteiger partial charge in [0.05, 0.1) is 0 Å². The van der Waals surface area contributed by atoms with Gasteiger partial charge in [0.1, 0.15) is 11.5 Å². The molecule has 0 aliphatic rings. The largest absolute Gasteiger partial charge is 0.457 e. The summed E-state index contributed by atoms with van der Waals surface area (Å²) >= 11 is 0. The fraction of sp³-hybridized carbons (Fsp3) is 0.684. The van der Waals surface area contributed by atoms with E-state index in [9.17, 15) is 0 Å². The van der Waals surface area contributed by atoms with Crippen LogP contribution in [0.25, 0.3) is 0 Å². The lowest BCUT2D eigenvalue weighted by Crippen LogP contribution is -1.90. The first kappa shape index (κ1) is 33.4. The van der Waals surface area contributed by atoms with Crippen LogP contribution in [0.4, 0.5) is 0 Å². The summed E-state index contributed by atoms with van der Waals surface area (Å²) in [5, 5.41) is 0. The summed E-state index contributed by atoms with van der Waals surface area (Å²) in [5.41, 5.74) is 2.83. The first-order chi connectivity index (χ1) is 19.3. The first-order valence-electron chi connectivity index (χ1n) is 17.2. The van der Waals surface area contributed by atoms with Crippen molar-refractivity contribution in [2.75, 3.05) is 0 Å². The highest BCUT2D eigenvalue weighted by atomic mass is 16.5. The molecule has 0 radical (unpaired) electrons. The maximum absolute atomic E-state index is 6.19. The molecule has 0 fully saturated rings. The Morgan fingerprint density at radius 1 is 0.385 bits per heavy atom. The lowest BCUT2D eigenvalue weighted by Gasteiger charge is -2.09. The van der Waals surface area contributed by atoms with Crippen LogP contribution in [0.15, 0.2) is 48.5 Å². The van der Waals surface area contributed by atoms with Crippen LogP contribution in [0.1, 0.15) is 166 Å². The molecule has 1 nitrogen and oxygen atoms in total. The van der Waals surface area contributed by atoms with E-state index in [0.29, 0.717) is 0 Å². The van der Waals surface area contributed by atoms with Crippen molar-refractivity contribution in [3.8, 4) is 11.5 Å². The Balaban J connectivity index is 1.52. The topological polar surface area (TPSA) is 9.23 Å². The molecule has 0 saturated carbocycles. The molecule has 0 unspecified atom stereocenters. The van der Waals surface area contributed by atoms with Crippen LogP contribution in [0, 0.1) is 0 Å². The van der Waals surface area contributed by atoms with Crippen LogP contribution >= 0.6 is 0 Å². The van der Waals surface area contributed by atoms with Gasteiger partial charge in [0.25, 0.3) is 0 Å². The highest BCUT2D eigenvalue weighted by Crippen LogP contribution is 2.24. The van der Waals surface area contributed by atoms with E-state index in [0.717, 1.165) is 17.9 Å². The Morgan fingerprint density at radius 3 is 1.26 bits per heavy atom. The van der Waals surface area contributed by atoms with Gasteiger partial charge in [0, 0.05) is 0 Å². The molecule has 0 spiro atoms. The van der Waals surface area contributed by atoms with Crippen LogP contribution in [-0.4, -0.2) is 0 Å². The van der Waals surface area contributed by atoms with E-state index in [2.05, 4.69) is 62.4 Å². The van der Waals surface area contributed by atoms with Crippen molar-refractivity contribution in [2.45, 2.75) is 168 Å². The minimum absolute atomic E-state index is 0.949. The molecule has 0 aliphatic heterocycles. The van der Waals surface area contributed by atoms with E-state index < -0.39 is 0 Å². The quantitative estimate of drug-likeness (QED) is 0.109. The minimum Gasteiger partial charge on any atom is -0.457 e. The monoisotopic (exact) mass is 534 g/mol. The van der Waals surface area contributed by atoms with Crippen LogP contribution in [0.5, 0.6) is 11.5 Å². The molecular formula is C38H62O. The molecule has 0 aromatic heterocycles. The van der Waals surface area contributed by atoms with E-state index in [-0.39, 0.29) is 0 Å². The fourth-order valence-electron chi connectivity index (χ4n) is 5.61. The second-order valence-corrected chi connectivity index (χ2v) is 12.0. The van der Waals surface area contributed by atoms with Crippen molar-refractivity contribution in [3.63, 3.8) is 0 Å². The molecule has 0 atom stereocenters. The zero-order valence-electron chi connectivity index (χ0n) is 26.0. The summed E-state index contributed by atoms with van der Waals surface area (Å²) in [4.78, 5) is 0. The molecule has 39 heavy (non-hydrogen) atoms. The number of unbranched alkanes of at least 4 members (excludes halogenated alkanes) is 20. The van der Waals surface area contributed by atoms with Gasteiger partial charge < -0.3 is 4.74 Å². The second kappa shape index (κ2) is 24.1. The Bertz CT molecular complexity index is 793. The zero-order chi connectivity index (χ0) is 27.6. The summed E-state index contributed by atoms with van der Waals surface area (Å²) < 4.78 is 6.19. The van der Waals surface area contributed by atoms with E-state index in [1.165, 1.54) is 159 Å². The van der Waals surface area contributed by atoms with Gasteiger partial charge in [-0.2, -0.15) is 0 Å². The Kier molecular flexibility index (Phi) is 20.6. The van der Waals surface area contributed by atoms with E-state index in [1.807, 2.05) is 0 Å². The summed E-state index contributed by atoms with van der Waals surface area (Å²) in [6.45, 7) is 4.59. The van der Waals surface area contributed by atoms with Crippen LogP contribution < -0.4 is 4.74 Å². The normalized spacial score (nSPS) is 11.2. The summed E-state index contributed by atoms with van der Waals surface area (Å²) in [6.07, 6.45) is 33.1. The molecular weight excluding hydrogens is 472 g/mol. The Morgan fingerprint density at radius 2 is 0.795 bits per heavy atom. The van der Waals surface area contributed by atoms with Crippen LogP contribution in [0.3, 0.4) is 0 Å². The van der Waals surface area contributed by atoms with Gasteiger partial charge in [-0.15, -0.1) is 0 Å². The van der Waals surface area contributed by atoms with Crippen molar-refractivity contribution < 1.29 is 4.74 Å². The van der Waals surface area contributed by atoms with Crippen molar-refractivity contribution >= 4 is 0 Å². The van der Waals surface area contributed by atoms with Crippen molar-refractivity contribution in [1.82, 2.24) is 0 Å². The molecule has 0 N–H and O–H groups in total. The van der Waals surface area contributed by atoms with E-state index in [1.54, 1.807) is 0 Å². The Labute approximate surface area is 243 Å². The highest BCUT2D eigenvalue weighted by Gasteiger charge is 2.02. The minimum atomic E-state index is 0.949. The predicted octanol–water partition coefficient (Wildman–Crippen LogP) is 13.2. The van der Waals surface area contributed by atoms with Crippen LogP contribution in [-0.2, 0) is 12.8 Å². The maximum atomic E-state index is 6.19. The molecule has 0 aliphatic carbocycles. The first-order valence-corrected chi connectivity index (χ1v) is 17.2. The molecule has 1 heteroatoms. The predicted molar refractivity (Wildman–Crippen MR) is 173 cm³/mol. The molecule has 0 bridgehead atoms. The Hall–Kier alpha value is -1.76. The number of ether oxygens (including phenoxy) is 1. The third kappa shape index (κ3) is 18.3. The highest BCUT2D eigenvalue weighted by molar-refractivity contribution is 5.35. The lowest BCUT2D eigenvalue weighted by molar-refractivity contribution is 0.481. The fourth-order valence-corrected chi connectivity index (χ4v) is 5.61. The number of aryl methyl sites for hydroxylation is 2. The molecule has 220 valence electrons. The number of hydrogen-bond donors (Lipinski definition) is 0. The standard InChI is InChI=1S/C38H62O/c1-3-5-7-9-11-13-15-17-19-21-23-26-35-30-32-37(33-31-35)39-38-29-25-28-36(34-38)27-24-22-20-18-16-14-12-10-8-6-4-2/h25,28-34H,3-24,26-27H2,1-2H3. The molecule has 2 aromatic rings. The van der Waals surface area contributed by atoms with E-state index >= 15 is 0 Å². The van der Waals surface area contributed by atoms with Gasteiger partial charge in [-0.25, -0.2) is 0 Å². The molecule has 2 aromatic carbocycles. The van der Waals surface area contributed by atoms with Gasteiger partial charge in [-0.3, -0.25) is 0 Å². The lowest BCUT2D eigenvalue weighted by atomic mass is 10.0. The van der Waals surface area contributed by atoms with Crippen LogP contribution in [0.2, 0.25) is 0 Å². The van der Waals surface area contributed by atoms with Gasteiger partial charge in [0.15, 0.2) is 0 Å². The van der Waals surface area contributed by atoms with Gasteiger partial charge in [0.2, 0.25) is 0 Å². The van der Waals surface area contributed by atoms with E-state index in [4.69, 9.17) is 4.74 Å². The molecule has 0 saturated heterocycles. The van der Waals surface area contributed by atoms with Gasteiger partial charge >= 0.3 is 0 Å². The molecule has 0 amide bonds. The summed E-state index contributed by atoms with van der Waals surface area (Å²) in [7, 11) is 0. The average molecular weight is 535 g/mol. The molecule has 2 rings (SSSR count). The summed E-state index contributed by atoms with van der Waals surface area (Å²) in [6, 6.07) is 17.5. The smallest absolute Gasteiger partial charge is 0.127 e. The molecule has 0 heterocycles. The van der Waals surface area contributed by atoms with Crippen molar-refractivity contribution in [3.05, 3.63) is 59.7 Å². The van der Waals surface area contributed by atoms with Crippen molar-refractivity contribution in [1.29, 1.82) is 0 Å². The number of rotatable bonds is 26. The van der Waals surface area contributed by atoms with Gasteiger partial charge in [-0.05, 0) is 61.1 Å². The summed E-state index contributed by atoms with van der Waals surface area (Å²) in [5.74, 6) is 1.92. The second-order valence-electron chi connectivity index (χ2n) is 12.0. The maximum Gasteiger partial charge on any atom is 0.127 e. The third-order valence-corrected chi connectivity index (χ3v) is 8.20. The van der Waals surface area contributed by atoms with Gasteiger partial charge in [-0.1, -0.05) is 167 Å². The number of benzene rings is 2. The SMILES string of the molecule is CCCCCCCCCCCCCc1ccc(Oc2cccc(CCCCCCCCCCCCC)c2)cc1. The van der Waals surface area contributed by atoms with Crippen molar-refractivity contribution in [2.24, 2.45) is 0 Å².